The molecule has 0 aliphatic heterocycles. The molecule has 0 radical (unpaired) electrons. The number of aromatic nitrogens is 2. The van der Waals surface area contributed by atoms with Gasteiger partial charge in [-0.25, -0.2) is 9.59 Å². The Labute approximate surface area is 122 Å². The fraction of sp³-hybridized carbons (Fsp3) is 0.500. The van der Waals surface area contributed by atoms with Crippen LogP contribution in [0.5, 0.6) is 0 Å². The zero-order valence-corrected chi connectivity index (χ0v) is 12.1. The lowest BCUT2D eigenvalue weighted by Crippen LogP contribution is -2.22. The molecule has 0 bridgehead atoms. The lowest BCUT2D eigenvalue weighted by atomic mass is 10.0. The van der Waals surface area contributed by atoms with Crippen molar-refractivity contribution in [1.29, 1.82) is 0 Å². The topological polar surface area (TPSA) is 75.1 Å². The van der Waals surface area contributed by atoms with Gasteiger partial charge in [-0.1, -0.05) is 25.8 Å². The molecule has 2 unspecified atom stereocenters. The Kier molecular flexibility index (Phi) is 3.57. The van der Waals surface area contributed by atoms with Crippen molar-refractivity contribution >= 4 is 17.0 Å². The number of para-hydroxylation sites is 1. The predicted octanol–water partition coefficient (Wildman–Crippen LogP) is 3.17. The third kappa shape index (κ3) is 2.48. The number of nitrogens with zero attached hydrogens (tertiary/aromatic N) is 1. The van der Waals surface area contributed by atoms with Crippen LogP contribution in [0.3, 0.4) is 0 Å². The summed E-state index contributed by atoms with van der Waals surface area (Å²) in [6.07, 6.45) is 5.39. The van der Waals surface area contributed by atoms with Crippen molar-refractivity contribution in [3.05, 3.63) is 34.2 Å². The van der Waals surface area contributed by atoms with Gasteiger partial charge in [-0.15, -0.1) is 0 Å². The van der Waals surface area contributed by atoms with Crippen molar-refractivity contribution in [3.8, 4) is 0 Å². The number of carboxylic acid groups (broad SMARTS) is 1. The maximum atomic E-state index is 12.3. The van der Waals surface area contributed by atoms with Gasteiger partial charge >= 0.3 is 11.7 Å². The number of hydrogen-bond donors (Lipinski definition) is 2. The highest BCUT2D eigenvalue weighted by atomic mass is 16.4. The summed E-state index contributed by atoms with van der Waals surface area (Å²) in [6, 6.07) is 5.23. The summed E-state index contributed by atoms with van der Waals surface area (Å²) in [6.45, 7) is 2.25. The van der Waals surface area contributed by atoms with Crippen molar-refractivity contribution in [1.82, 2.24) is 9.55 Å². The molecule has 0 saturated heterocycles. The number of fused-ring (bicyclic) bond motifs is 1. The summed E-state index contributed by atoms with van der Waals surface area (Å²) in [7, 11) is 0. The van der Waals surface area contributed by atoms with Crippen LogP contribution >= 0.6 is 0 Å². The molecule has 2 atom stereocenters. The fourth-order valence-corrected chi connectivity index (χ4v) is 3.42. The SMILES string of the molecule is CC1CCCC(n2c(=O)[nH]c3c(C(=O)O)cccc32)CC1. The molecule has 1 aliphatic carbocycles. The Morgan fingerprint density at radius 1 is 1.29 bits per heavy atom. The van der Waals surface area contributed by atoms with Crippen molar-refractivity contribution in [2.24, 2.45) is 5.92 Å². The van der Waals surface area contributed by atoms with E-state index < -0.39 is 5.97 Å². The molecule has 21 heavy (non-hydrogen) atoms. The third-order valence-corrected chi connectivity index (χ3v) is 4.58. The van der Waals surface area contributed by atoms with Crippen LogP contribution in [-0.2, 0) is 0 Å². The fourth-order valence-electron chi connectivity index (χ4n) is 3.42. The molecule has 1 aromatic heterocycles. The summed E-state index contributed by atoms with van der Waals surface area (Å²) >= 11 is 0. The molecule has 1 aliphatic rings. The van der Waals surface area contributed by atoms with Crippen LogP contribution in [0.4, 0.5) is 0 Å². The van der Waals surface area contributed by atoms with E-state index >= 15 is 0 Å². The molecule has 3 rings (SSSR count). The predicted molar refractivity (Wildman–Crippen MR) is 80.8 cm³/mol. The first-order valence-corrected chi connectivity index (χ1v) is 7.54. The van der Waals surface area contributed by atoms with Gasteiger partial charge in [0.1, 0.15) is 0 Å². The van der Waals surface area contributed by atoms with Crippen LogP contribution in [0.15, 0.2) is 23.0 Å². The highest BCUT2D eigenvalue weighted by Gasteiger charge is 2.22. The zero-order chi connectivity index (χ0) is 15.0. The van der Waals surface area contributed by atoms with Crippen LogP contribution in [0.1, 0.15) is 55.4 Å². The van der Waals surface area contributed by atoms with Crippen LogP contribution in [0.25, 0.3) is 11.0 Å². The monoisotopic (exact) mass is 288 g/mol. The minimum Gasteiger partial charge on any atom is -0.478 e. The summed E-state index contributed by atoms with van der Waals surface area (Å²) < 4.78 is 1.76. The van der Waals surface area contributed by atoms with Crippen molar-refractivity contribution in [2.45, 2.75) is 45.1 Å². The maximum absolute atomic E-state index is 12.3. The van der Waals surface area contributed by atoms with E-state index in [0.717, 1.165) is 25.7 Å². The lowest BCUT2D eigenvalue weighted by Gasteiger charge is -2.16. The molecule has 1 saturated carbocycles. The largest absolute Gasteiger partial charge is 0.478 e. The van der Waals surface area contributed by atoms with Gasteiger partial charge in [-0.3, -0.25) is 4.57 Å². The first-order valence-electron chi connectivity index (χ1n) is 7.54. The number of benzene rings is 1. The Bertz CT molecular complexity index is 729. The van der Waals surface area contributed by atoms with Gasteiger partial charge in [0.15, 0.2) is 0 Å². The van der Waals surface area contributed by atoms with Gasteiger partial charge in [-0.05, 0) is 37.3 Å². The average Bonchev–Trinajstić information content (AvgIpc) is 2.63. The second-order valence-electron chi connectivity index (χ2n) is 6.07. The van der Waals surface area contributed by atoms with Gasteiger partial charge in [0.05, 0.1) is 16.6 Å². The van der Waals surface area contributed by atoms with Crippen LogP contribution in [0.2, 0.25) is 0 Å². The van der Waals surface area contributed by atoms with Crippen molar-refractivity contribution in [2.75, 3.05) is 0 Å². The van der Waals surface area contributed by atoms with Crippen molar-refractivity contribution < 1.29 is 9.90 Å². The number of nitrogens with one attached hydrogen (secondary N) is 1. The van der Waals surface area contributed by atoms with E-state index in [1.807, 2.05) is 6.07 Å². The van der Waals surface area contributed by atoms with Crippen LogP contribution in [-0.4, -0.2) is 20.6 Å². The molecule has 112 valence electrons. The van der Waals surface area contributed by atoms with Gasteiger partial charge in [0, 0.05) is 6.04 Å². The van der Waals surface area contributed by atoms with E-state index in [1.165, 1.54) is 12.5 Å². The number of imidazole rings is 1. The molecule has 5 nitrogen and oxygen atoms in total. The summed E-state index contributed by atoms with van der Waals surface area (Å²) in [4.78, 5) is 26.3. The second kappa shape index (κ2) is 5.39. The first-order chi connectivity index (χ1) is 10.1. The van der Waals surface area contributed by atoms with E-state index in [0.29, 0.717) is 17.0 Å². The number of aromatic carboxylic acids is 1. The molecule has 1 fully saturated rings. The second-order valence-corrected chi connectivity index (χ2v) is 6.07. The van der Waals surface area contributed by atoms with E-state index in [9.17, 15) is 14.7 Å². The Balaban J connectivity index is 2.10. The average molecular weight is 288 g/mol. The number of H-pyrrole nitrogens is 1. The number of hydrogen-bond acceptors (Lipinski definition) is 2. The Morgan fingerprint density at radius 3 is 2.86 bits per heavy atom. The number of rotatable bonds is 2. The summed E-state index contributed by atoms with van der Waals surface area (Å²) in [5.41, 5.74) is 1.11. The first kappa shape index (κ1) is 13.9. The van der Waals surface area contributed by atoms with Crippen molar-refractivity contribution in [3.63, 3.8) is 0 Å². The van der Waals surface area contributed by atoms with Gasteiger partial charge < -0.3 is 10.1 Å². The molecule has 2 aromatic rings. The van der Waals surface area contributed by atoms with Gasteiger partial charge in [0.2, 0.25) is 0 Å². The minimum absolute atomic E-state index is 0.158. The van der Waals surface area contributed by atoms with Crippen LogP contribution in [0, 0.1) is 5.92 Å². The summed E-state index contributed by atoms with van der Waals surface area (Å²) in [5.74, 6) is -0.311. The van der Waals surface area contributed by atoms with Crippen LogP contribution < -0.4 is 5.69 Å². The number of aromatic amines is 1. The molecular weight excluding hydrogens is 268 g/mol. The highest BCUT2D eigenvalue weighted by Crippen LogP contribution is 2.31. The lowest BCUT2D eigenvalue weighted by molar-refractivity contribution is 0.0699. The van der Waals surface area contributed by atoms with E-state index in [4.69, 9.17) is 0 Å². The smallest absolute Gasteiger partial charge is 0.337 e. The quantitative estimate of drug-likeness (QED) is 0.833. The normalized spacial score (nSPS) is 23.1. The maximum Gasteiger partial charge on any atom is 0.337 e. The van der Waals surface area contributed by atoms with Gasteiger partial charge in [0.25, 0.3) is 0 Å². The summed E-state index contributed by atoms with van der Waals surface area (Å²) in [5, 5.41) is 9.24. The highest BCUT2D eigenvalue weighted by molar-refractivity contribution is 6.00. The third-order valence-electron chi connectivity index (χ3n) is 4.58. The minimum atomic E-state index is -1.01. The molecule has 2 N–H and O–H groups in total. The van der Waals surface area contributed by atoms with E-state index in [-0.39, 0.29) is 17.3 Å². The molecule has 0 amide bonds. The molecule has 5 heteroatoms. The number of carbonyl (C=O) groups is 1. The van der Waals surface area contributed by atoms with E-state index in [2.05, 4.69) is 11.9 Å². The Morgan fingerprint density at radius 2 is 2.10 bits per heavy atom. The molecule has 0 spiro atoms. The molecule has 1 aromatic carbocycles. The Hall–Kier alpha value is -2.04. The van der Waals surface area contributed by atoms with Gasteiger partial charge in [-0.2, -0.15) is 0 Å². The number of carboxylic acids is 1. The standard InChI is InChI=1S/C16H20N2O3/c1-10-4-2-5-11(9-8-10)18-13-7-3-6-12(15(19)20)14(13)17-16(18)21/h3,6-7,10-11H,2,4-5,8-9H2,1H3,(H,17,21)(H,19,20). The molecule has 1 heterocycles. The zero-order valence-electron chi connectivity index (χ0n) is 12.1. The molecular formula is C16H20N2O3. The van der Waals surface area contributed by atoms with E-state index in [1.54, 1.807) is 10.6 Å².